The van der Waals surface area contributed by atoms with Crippen molar-refractivity contribution in [3.05, 3.63) is 52.8 Å². The first-order valence-electron chi connectivity index (χ1n) is 9.24. The molecule has 1 aromatic heterocycles. The minimum atomic E-state index is 0.0835. The molecule has 0 saturated carbocycles. The van der Waals surface area contributed by atoms with Gasteiger partial charge in [-0.1, -0.05) is 30.3 Å². The highest BCUT2D eigenvalue weighted by Crippen LogP contribution is 2.44. The number of rotatable bonds is 4. The van der Waals surface area contributed by atoms with E-state index < -0.39 is 0 Å². The van der Waals surface area contributed by atoms with Crippen LogP contribution in [0.25, 0.3) is 0 Å². The Balaban J connectivity index is 1.47. The number of H-pyrrole nitrogens is 1. The fourth-order valence-corrected chi connectivity index (χ4v) is 4.59. The van der Waals surface area contributed by atoms with Gasteiger partial charge in [0.25, 0.3) is 0 Å². The van der Waals surface area contributed by atoms with Crippen LogP contribution in [0.4, 0.5) is 0 Å². The fourth-order valence-electron chi connectivity index (χ4n) is 4.59. The van der Waals surface area contributed by atoms with Crippen LogP contribution in [0.2, 0.25) is 0 Å². The lowest BCUT2D eigenvalue weighted by Gasteiger charge is -2.24. The lowest BCUT2D eigenvalue weighted by molar-refractivity contribution is -0.125. The minimum Gasteiger partial charge on any atom is -0.352 e. The number of fused-ring (bicyclic) bond motifs is 1. The van der Waals surface area contributed by atoms with Gasteiger partial charge in [-0.2, -0.15) is 5.10 Å². The number of amides is 1. The summed E-state index contributed by atoms with van der Waals surface area (Å²) in [4.78, 5) is 15.5. The van der Waals surface area contributed by atoms with Crippen LogP contribution >= 0.6 is 0 Å². The maximum atomic E-state index is 12.9. The predicted molar refractivity (Wildman–Crippen MR) is 96.9 cm³/mol. The summed E-state index contributed by atoms with van der Waals surface area (Å²) in [6.45, 7) is 5.64. The molecule has 2 fully saturated rings. The van der Waals surface area contributed by atoms with Crippen molar-refractivity contribution in [3.8, 4) is 0 Å². The summed E-state index contributed by atoms with van der Waals surface area (Å²) in [5.41, 5.74) is 4.45. The second-order valence-electron chi connectivity index (χ2n) is 7.35. The number of benzene rings is 1. The van der Waals surface area contributed by atoms with Crippen LogP contribution in [-0.2, 0) is 11.3 Å². The SMILES string of the molecule is Cc1n[nH]c(C)c1CNC(=O)[C@H]1C[C@@H](c2ccccc2)N2CCC[C@H]12. The summed E-state index contributed by atoms with van der Waals surface area (Å²) in [5, 5.41) is 10.4. The van der Waals surface area contributed by atoms with Crippen LogP contribution in [0.15, 0.2) is 30.3 Å². The van der Waals surface area contributed by atoms with Crippen LogP contribution in [0, 0.1) is 19.8 Å². The molecule has 3 heterocycles. The highest BCUT2D eigenvalue weighted by atomic mass is 16.2. The first-order valence-corrected chi connectivity index (χ1v) is 9.24. The van der Waals surface area contributed by atoms with Gasteiger partial charge in [0.15, 0.2) is 0 Å². The summed E-state index contributed by atoms with van der Waals surface area (Å²) < 4.78 is 0. The third-order valence-electron chi connectivity index (χ3n) is 5.93. The molecule has 5 heteroatoms. The summed E-state index contributed by atoms with van der Waals surface area (Å²) in [6.07, 6.45) is 3.24. The number of hydrogen-bond acceptors (Lipinski definition) is 3. The smallest absolute Gasteiger partial charge is 0.225 e. The molecule has 25 heavy (non-hydrogen) atoms. The highest BCUT2D eigenvalue weighted by Gasteiger charge is 2.46. The molecule has 4 rings (SSSR count). The second-order valence-corrected chi connectivity index (χ2v) is 7.35. The lowest BCUT2D eigenvalue weighted by Crippen LogP contribution is -2.37. The fraction of sp³-hybridized carbons (Fsp3) is 0.500. The van der Waals surface area contributed by atoms with E-state index in [9.17, 15) is 4.79 Å². The third kappa shape index (κ3) is 2.97. The maximum Gasteiger partial charge on any atom is 0.225 e. The molecule has 0 unspecified atom stereocenters. The number of aromatic nitrogens is 2. The number of nitrogens with zero attached hydrogens (tertiary/aromatic N) is 2. The Bertz CT molecular complexity index is 735. The molecule has 0 aliphatic carbocycles. The lowest BCUT2D eigenvalue weighted by atomic mass is 9.93. The van der Waals surface area contributed by atoms with E-state index in [0.717, 1.165) is 36.3 Å². The van der Waals surface area contributed by atoms with Gasteiger partial charge >= 0.3 is 0 Å². The molecule has 2 saturated heterocycles. The average Bonchev–Trinajstić information content (AvgIpc) is 3.30. The van der Waals surface area contributed by atoms with Crippen molar-refractivity contribution in [2.24, 2.45) is 5.92 Å². The van der Waals surface area contributed by atoms with Gasteiger partial charge in [0.2, 0.25) is 5.91 Å². The van der Waals surface area contributed by atoms with Crippen LogP contribution in [0.5, 0.6) is 0 Å². The number of carbonyl (C=O) groups is 1. The minimum absolute atomic E-state index is 0.0835. The zero-order chi connectivity index (χ0) is 17.4. The van der Waals surface area contributed by atoms with Crippen LogP contribution in [-0.4, -0.2) is 33.6 Å². The maximum absolute atomic E-state index is 12.9. The molecule has 2 aliphatic heterocycles. The van der Waals surface area contributed by atoms with Crippen molar-refractivity contribution in [1.82, 2.24) is 20.4 Å². The molecule has 0 radical (unpaired) electrons. The largest absolute Gasteiger partial charge is 0.352 e. The average molecular weight is 338 g/mol. The van der Waals surface area contributed by atoms with Gasteiger partial charge in [0.05, 0.1) is 11.6 Å². The predicted octanol–water partition coefficient (Wildman–Crippen LogP) is 2.87. The molecular formula is C20H26N4O. The Labute approximate surface area is 148 Å². The molecule has 3 atom stereocenters. The van der Waals surface area contributed by atoms with E-state index in [4.69, 9.17) is 0 Å². The van der Waals surface area contributed by atoms with Crippen molar-refractivity contribution in [2.75, 3.05) is 6.54 Å². The van der Waals surface area contributed by atoms with Gasteiger partial charge in [-0.15, -0.1) is 0 Å². The van der Waals surface area contributed by atoms with Gasteiger partial charge in [0, 0.05) is 29.9 Å². The molecule has 1 aromatic carbocycles. The Hall–Kier alpha value is -2.14. The number of hydrogen-bond donors (Lipinski definition) is 2. The Morgan fingerprint density at radius 2 is 2.12 bits per heavy atom. The first kappa shape index (κ1) is 16.3. The summed E-state index contributed by atoms with van der Waals surface area (Å²) >= 11 is 0. The van der Waals surface area contributed by atoms with Crippen LogP contribution < -0.4 is 5.32 Å². The van der Waals surface area contributed by atoms with Gasteiger partial charge in [0.1, 0.15) is 0 Å². The molecule has 2 aliphatic rings. The molecule has 0 spiro atoms. The summed E-state index contributed by atoms with van der Waals surface area (Å²) in [7, 11) is 0. The Morgan fingerprint density at radius 3 is 2.84 bits per heavy atom. The molecule has 132 valence electrons. The second kappa shape index (κ2) is 6.64. The van der Waals surface area contributed by atoms with Gasteiger partial charge in [-0.3, -0.25) is 14.8 Å². The summed E-state index contributed by atoms with van der Waals surface area (Å²) in [5.74, 6) is 0.274. The number of aromatic amines is 1. The van der Waals surface area contributed by atoms with E-state index in [1.54, 1.807) is 0 Å². The standard InChI is InChI=1S/C20H26N4O/c1-13-17(14(2)23-22-13)12-21-20(25)16-11-19(15-7-4-3-5-8-15)24-10-6-9-18(16)24/h3-5,7-8,16,18-19H,6,9-12H2,1-2H3,(H,21,25)(H,22,23)/t16-,18+,19-/m0/s1. The number of nitrogens with one attached hydrogen (secondary N) is 2. The van der Waals surface area contributed by atoms with E-state index in [1.807, 2.05) is 13.8 Å². The van der Waals surface area contributed by atoms with E-state index in [-0.39, 0.29) is 11.8 Å². The quantitative estimate of drug-likeness (QED) is 0.901. The molecular weight excluding hydrogens is 312 g/mol. The van der Waals surface area contributed by atoms with Gasteiger partial charge < -0.3 is 5.32 Å². The van der Waals surface area contributed by atoms with E-state index in [2.05, 4.69) is 50.7 Å². The van der Waals surface area contributed by atoms with Crippen molar-refractivity contribution in [3.63, 3.8) is 0 Å². The van der Waals surface area contributed by atoms with E-state index in [1.165, 1.54) is 12.0 Å². The summed E-state index contributed by atoms with van der Waals surface area (Å²) in [6, 6.07) is 11.4. The zero-order valence-corrected chi connectivity index (χ0v) is 15.0. The van der Waals surface area contributed by atoms with Gasteiger partial charge in [-0.25, -0.2) is 0 Å². The number of aryl methyl sites for hydroxylation is 2. The molecule has 5 nitrogen and oxygen atoms in total. The monoisotopic (exact) mass is 338 g/mol. The topological polar surface area (TPSA) is 61.0 Å². The highest BCUT2D eigenvalue weighted by molar-refractivity contribution is 5.80. The molecule has 2 aromatic rings. The molecule has 0 bridgehead atoms. The zero-order valence-electron chi connectivity index (χ0n) is 15.0. The molecule has 1 amide bonds. The first-order chi connectivity index (χ1) is 12.1. The van der Waals surface area contributed by atoms with Crippen LogP contribution in [0.3, 0.4) is 0 Å². The Morgan fingerprint density at radius 1 is 1.32 bits per heavy atom. The Kier molecular flexibility index (Phi) is 4.34. The van der Waals surface area contributed by atoms with Crippen molar-refractivity contribution < 1.29 is 4.79 Å². The van der Waals surface area contributed by atoms with E-state index >= 15 is 0 Å². The van der Waals surface area contributed by atoms with Crippen molar-refractivity contribution >= 4 is 5.91 Å². The van der Waals surface area contributed by atoms with Crippen molar-refractivity contribution in [1.29, 1.82) is 0 Å². The third-order valence-corrected chi connectivity index (χ3v) is 5.93. The van der Waals surface area contributed by atoms with Gasteiger partial charge in [-0.05, 0) is 45.2 Å². The number of carbonyl (C=O) groups excluding carboxylic acids is 1. The normalized spacial score (nSPS) is 25.9. The van der Waals surface area contributed by atoms with Crippen molar-refractivity contribution in [2.45, 2.75) is 51.7 Å². The molecule has 2 N–H and O–H groups in total. The van der Waals surface area contributed by atoms with Crippen LogP contribution in [0.1, 0.15) is 47.8 Å². The van der Waals surface area contributed by atoms with E-state index in [0.29, 0.717) is 18.6 Å².